The summed E-state index contributed by atoms with van der Waals surface area (Å²) in [6, 6.07) is 0.788. The van der Waals surface area contributed by atoms with Crippen LogP contribution in [0.1, 0.15) is 46.0 Å². The quantitative estimate of drug-likeness (QED) is 0.715. The van der Waals surface area contributed by atoms with Crippen molar-refractivity contribution in [3.05, 3.63) is 0 Å². The Hall–Kier alpha value is -0.0800. The number of rotatable bonds is 7. The van der Waals surface area contributed by atoms with Gasteiger partial charge in [0.1, 0.15) is 0 Å². The lowest BCUT2D eigenvalue weighted by Gasteiger charge is -2.24. The SMILES string of the molecule is CCCNC(CN1CCC(CC)C1)C1CC1. The van der Waals surface area contributed by atoms with Crippen molar-refractivity contribution in [2.24, 2.45) is 11.8 Å². The molecule has 1 aliphatic heterocycles. The fourth-order valence-electron chi connectivity index (χ4n) is 2.90. The van der Waals surface area contributed by atoms with Gasteiger partial charge in [-0.2, -0.15) is 0 Å². The summed E-state index contributed by atoms with van der Waals surface area (Å²) in [7, 11) is 0. The first-order valence-corrected chi connectivity index (χ1v) is 7.29. The van der Waals surface area contributed by atoms with E-state index in [1.54, 1.807) is 0 Å². The summed E-state index contributed by atoms with van der Waals surface area (Å²) in [5.74, 6) is 1.97. The molecule has 1 heterocycles. The molecule has 0 aromatic heterocycles. The van der Waals surface area contributed by atoms with Crippen molar-refractivity contribution in [2.75, 3.05) is 26.2 Å². The van der Waals surface area contributed by atoms with E-state index in [4.69, 9.17) is 0 Å². The van der Waals surface area contributed by atoms with E-state index >= 15 is 0 Å². The van der Waals surface area contributed by atoms with Crippen LogP contribution in [0.15, 0.2) is 0 Å². The molecule has 1 N–H and O–H groups in total. The molecule has 94 valence electrons. The summed E-state index contributed by atoms with van der Waals surface area (Å²) in [5.41, 5.74) is 0. The molecule has 2 nitrogen and oxygen atoms in total. The zero-order chi connectivity index (χ0) is 11.4. The fourth-order valence-corrected chi connectivity index (χ4v) is 2.90. The van der Waals surface area contributed by atoms with Gasteiger partial charge < -0.3 is 10.2 Å². The van der Waals surface area contributed by atoms with Gasteiger partial charge >= 0.3 is 0 Å². The summed E-state index contributed by atoms with van der Waals surface area (Å²) in [6.45, 7) is 9.80. The van der Waals surface area contributed by atoms with Crippen molar-refractivity contribution in [3.63, 3.8) is 0 Å². The smallest absolute Gasteiger partial charge is 0.0223 e. The Labute approximate surface area is 101 Å². The maximum atomic E-state index is 3.75. The third kappa shape index (κ3) is 3.46. The van der Waals surface area contributed by atoms with Crippen LogP contribution >= 0.6 is 0 Å². The van der Waals surface area contributed by atoms with E-state index in [9.17, 15) is 0 Å². The summed E-state index contributed by atoms with van der Waals surface area (Å²) in [4.78, 5) is 2.69. The molecule has 16 heavy (non-hydrogen) atoms. The van der Waals surface area contributed by atoms with E-state index < -0.39 is 0 Å². The summed E-state index contributed by atoms with van der Waals surface area (Å²) in [6.07, 6.45) is 6.99. The highest BCUT2D eigenvalue weighted by atomic mass is 15.2. The first kappa shape index (κ1) is 12.4. The van der Waals surface area contributed by atoms with Crippen LogP contribution in [0, 0.1) is 11.8 Å². The van der Waals surface area contributed by atoms with Crippen LogP contribution in [0.2, 0.25) is 0 Å². The van der Waals surface area contributed by atoms with Gasteiger partial charge in [-0.1, -0.05) is 20.3 Å². The van der Waals surface area contributed by atoms with Crippen molar-refractivity contribution < 1.29 is 0 Å². The number of likely N-dealkylation sites (tertiary alicyclic amines) is 1. The topological polar surface area (TPSA) is 15.3 Å². The predicted octanol–water partition coefficient (Wildman–Crippen LogP) is 2.50. The molecular formula is C14H28N2. The number of hydrogen-bond acceptors (Lipinski definition) is 2. The van der Waals surface area contributed by atoms with E-state index in [2.05, 4.69) is 24.1 Å². The Balaban J connectivity index is 1.72. The molecule has 2 aliphatic rings. The van der Waals surface area contributed by atoms with E-state index in [1.807, 2.05) is 0 Å². The molecule has 2 fully saturated rings. The second-order valence-electron chi connectivity index (χ2n) is 5.72. The lowest BCUT2D eigenvalue weighted by Crippen LogP contribution is -2.42. The standard InChI is InChI=1S/C14H28N2/c1-3-8-15-14(13-5-6-13)11-16-9-7-12(4-2)10-16/h12-15H,3-11H2,1-2H3. The minimum Gasteiger partial charge on any atom is -0.312 e. The van der Waals surface area contributed by atoms with E-state index in [-0.39, 0.29) is 0 Å². The minimum atomic E-state index is 0.788. The molecule has 1 aliphatic carbocycles. The molecular weight excluding hydrogens is 196 g/mol. The molecule has 2 atom stereocenters. The van der Waals surface area contributed by atoms with Crippen LogP contribution in [-0.2, 0) is 0 Å². The van der Waals surface area contributed by atoms with E-state index in [1.165, 1.54) is 58.3 Å². The summed E-state index contributed by atoms with van der Waals surface area (Å²) < 4.78 is 0. The van der Waals surface area contributed by atoms with Gasteiger partial charge in [0.25, 0.3) is 0 Å². The first-order chi connectivity index (χ1) is 7.83. The zero-order valence-corrected chi connectivity index (χ0v) is 11.0. The molecule has 2 unspecified atom stereocenters. The first-order valence-electron chi connectivity index (χ1n) is 7.29. The van der Waals surface area contributed by atoms with Gasteiger partial charge in [0.15, 0.2) is 0 Å². The molecule has 0 aromatic rings. The van der Waals surface area contributed by atoms with Gasteiger partial charge in [0.2, 0.25) is 0 Å². The largest absolute Gasteiger partial charge is 0.312 e. The van der Waals surface area contributed by atoms with Gasteiger partial charge in [0.05, 0.1) is 0 Å². The third-order valence-corrected chi connectivity index (χ3v) is 4.25. The van der Waals surface area contributed by atoms with Gasteiger partial charge in [-0.25, -0.2) is 0 Å². The summed E-state index contributed by atoms with van der Waals surface area (Å²) in [5, 5.41) is 3.75. The van der Waals surface area contributed by atoms with Crippen LogP contribution in [0.3, 0.4) is 0 Å². The number of nitrogens with one attached hydrogen (secondary N) is 1. The van der Waals surface area contributed by atoms with E-state index in [0.717, 1.165) is 17.9 Å². The highest BCUT2D eigenvalue weighted by Crippen LogP contribution is 2.33. The molecule has 0 spiro atoms. The lowest BCUT2D eigenvalue weighted by atomic mass is 10.1. The van der Waals surface area contributed by atoms with Crippen molar-refractivity contribution in [2.45, 2.75) is 52.0 Å². The second kappa shape index (κ2) is 6.02. The van der Waals surface area contributed by atoms with Crippen molar-refractivity contribution in [1.29, 1.82) is 0 Å². The molecule has 1 saturated carbocycles. The summed E-state index contributed by atoms with van der Waals surface area (Å²) >= 11 is 0. The van der Waals surface area contributed by atoms with Crippen LogP contribution in [0.4, 0.5) is 0 Å². The Morgan fingerprint density at radius 2 is 2.06 bits per heavy atom. The van der Waals surface area contributed by atoms with Crippen molar-refractivity contribution in [1.82, 2.24) is 10.2 Å². The molecule has 0 aromatic carbocycles. The molecule has 2 rings (SSSR count). The second-order valence-corrected chi connectivity index (χ2v) is 5.72. The number of nitrogens with zero attached hydrogens (tertiary/aromatic N) is 1. The molecule has 2 heteroatoms. The average Bonchev–Trinajstić information content (AvgIpc) is 3.05. The Morgan fingerprint density at radius 1 is 1.25 bits per heavy atom. The Kier molecular flexibility index (Phi) is 4.66. The third-order valence-electron chi connectivity index (χ3n) is 4.25. The number of hydrogen-bond donors (Lipinski definition) is 1. The lowest BCUT2D eigenvalue weighted by molar-refractivity contribution is 0.266. The monoisotopic (exact) mass is 224 g/mol. The molecule has 1 saturated heterocycles. The Morgan fingerprint density at radius 3 is 2.62 bits per heavy atom. The molecule has 0 amide bonds. The van der Waals surface area contributed by atoms with Crippen LogP contribution in [0.25, 0.3) is 0 Å². The maximum absolute atomic E-state index is 3.75. The van der Waals surface area contributed by atoms with Gasteiger partial charge in [-0.15, -0.1) is 0 Å². The molecule has 0 bridgehead atoms. The Bertz CT molecular complexity index is 201. The maximum Gasteiger partial charge on any atom is 0.0223 e. The van der Waals surface area contributed by atoms with Crippen molar-refractivity contribution in [3.8, 4) is 0 Å². The zero-order valence-electron chi connectivity index (χ0n) is 11.0. The van der Waals surface area contributed by atoms with Gasteiger partial charge in [-0.05, 0) is 50.6 Å². The highest BCUT2D eigenvalue weighted by molar-refractivity contribution is 4.90. The minimum absolute atomic E-state index is 0.788. The van der Waals surface area contributed by atoms with Crippen LogP contribution in [-0.4, -0.2) is 37.1 Å². The normalized spacial score (nSPS) is 28.5. The van der Waals surface area contributed by atoms with Crippen LogP contribution in [0.5, 0.6) is 0 Å². The highest BCUT2D eigenvalue weighted by Gasteiger charge is 2.33. The molecule has 0 radical (unpaired) electrons. The average molecular weight is 224 g/mol. The van der Waals surface area contributed by atoms with Crippen molar-refractivity contribution >= 4 is 0 Å². The predicted molar refractivity (Wildman–Crippen MR) is 69.6 cm³/mol. The van der Waals surface area contributed by atoms with E-state index in [0.29, 0.717) is 0 Å². The van der Waals surface area contributed by atoms with Gasteiger partial charge in [-0.3, -0.25) is 0 Å². The fraction of sp³-hybridized carbons (Fsp3) is 1.00. The van der Waals surface area contributed by atoms with Crippen LogP contribution < -0.4 is 5.32 Å². The van der Waals surface area contributed by atoms with Gasteiger partial charge in [0, 0.05) is 19.1 Å².